The molecular weight excluding hydrogens is 324 g/mol. The molecule has 0 atom stereocenters. The summed E-state index contributed by atoms with van der Waals surface area (Å²) in [5, 5.41) is 0.790. The molecule has 4 rings (SSSR count). The van der Waals surface area contributed by atoms with Crippen molar-refractivity contribution in [2.75, 3.05) is 0 Å². The van der Waals surface area contributed by atoms with E-state index in [0.29, 0.717) is 0 Å². The largest absolute Gasteiger partial charge is 0.0846 e. The third-order valence-electron chi connectivity index (χ3n) is 4.89. The lowest BCUT2D eigenvalue weighted by Gasteiger charge is -2.36. The summed E-state index contributed by atoms with van der Waals surface area (Å²) in [5.41, 5.74) is 4.77. The van der Waals surface area contributed by atoms with Crippen molar-refractivity contribution < 1.29 is 0 Å². The van der Waals surface area contributed by atoms with Crippen LogP contribution in [0.4, 0.5) is 0 Å². The molecule has 0 spiro atoms. The summed E-state index contributed by atoms with van der Waals surface area (Å²) in [5.74, 6) is 0. The van der Waals surface area contributed by atoms with E-state index in [1.807, 2.05) is 6.07 Å². The SMILES string of the molecule is ClC1=CC(c2ccccc2)(c2ccccc2)CC(c2ccccc2)=C1. The zero-order chi connectivity index (χ0) is 17.1. The van der Waals surface area contributed by atoms with Crippen molar-refractivity contribution in [1.82, 2.24) is 0 Å². The number of rotatable bonds is 3. The number of hydrogen-bond donors (Lipinski definition) is 0. The Kier molecular flexibility index (Phi) is 4.29. The summed E-state index contributed by atoms with van der Waals surface area (Å²) in [6.07, 6.45) is 5.19. The van der Waals surface area contributed by atoms with E-state index in [2.05, 4.69) is 97.1 Å². The predicted octanol–water partition coefficient (Wildman–Crippen LogP) is 6.58. The lowest BCUT2D eigenvalue weighted by atomic mass is 9.67. The molecule has 122 valence electrons. The van der Waals surface area contributed by atoms with Crippen molar-refractivity contribution in [2.24, 2.45) is 0 Å². The van der Waals surface area contributed by atoms with Gasteiger partial charge in [0.15, 0.2) is 0 Å². The van der Waals surface area contributed by atoms with Crippen molar-refractivity contribution in [1.29, 1.82) is 0 Å². The van der Waals surface area contributed by atoms with E-state index in [0.717, 1.165) is 11.5 Å². The van der Waals surface area contributed by atoms with Crippen LogP contribution in [0.15, 0.2) is 108 Å². The third-order valence-corrected chi connectivity index (χ3v) is 5.11. The van der Waals surface area contributed by atoms with Gasteiger partial charge in [-0.2, -0.15) is 0 Å². The van der Waals surface area contributed by atoms with E-state index < -0.39 is 0 Å². The second-order valence-corrected chi connectivity index (χ2v) is 6.88. The van der Waals surface area contributed by atoms with Gasteiger partial charge >= 0.3 is 0 Å². The minimum absolute atomic E-state index is 0.250. The maximum absolute atomic E-state index is 6.63. The molecule has 25 heavy (non-hydrogen) atoms. The molecule has 0 heterocycles. The zero-order valence-electron chi connectivity index (χ0n) is 13.9. The van der Waals surface area contributed by atoms with Gasteiger partial charge in [-0.1, -0.05) is 109 Å². The maximum atomic E-state index is 6.63. The first-order chi connectivity index (χ1) is 12.3. The van der Waals surface area contributed by atoms with Gasteiger partial charge in [0.25, 0.3) is 0 Å². The van der Waals surface area contributed by atoms with Crippen LogP contribution in [0.3, 0.4) is 0 Å². The van der Waals surface area contributed by atoms with Crippen molar-refractivity contribution in [2.45, 2.75) is 11.8 Å². The second-order valence-electron chi connectivity index (χ2n) is 6.45. The van der Waals surface area contributed by atoms with Crippen LogP contribution in [0.1, 0.15) is 23.1 Å². The van der Waals surface area contributed by atoms with Crippen LogP contribution in [0, 0.1) is 0 Å². The molecule has 0 fully saturated rings. The highest BCUT2D eigenvalue weighted by Gasteiger charge is 2.35. The van der Waals surface area contributed by atoms with Crippen molar-refractivity contribution >= 4 is 17.2 Å². The first-order valence-corrected chi connectivity index (χ1v) is 8.91. The normalized spacial score (nSPS) is 16.0. The van der Waals surface area contributed by atoms with Gasteiger partial charge in [0.2, 0.25) is 0 Å². The van der Waals surface area contributed by atoms with Crippen LogP contribution in [0.25, 0.3) is 5.57 Å². The van der Waals surface area contributed by atoms with Crippen molar-refractivity contribution in [3.8, 4) is 0 Å². The maximum Gasteiger partial charge on any atom is 0.0439 e. The molecule has 0 aromatic heterocycles. The van der Waals surface area contributed by atoms with Gasteiger partial charge in [-0.15, -0.1) is 0 Å². The molecule has 1 heteroatoms. The average Bonchev–Trinajstić information content (AvgIpc) is 2.69. The van der Waals surface area contributed by atoms with Crippen LogP contribution in [0.2, 0.25) is 0 Å². The Bertz CT molecular complexity index is 867. The Hall–Kier alpha value is -2.57. The topological polar surface area (TPSA) is 0 Å². The molecule has 0 nitrogen and oxygen atoms in total. The number of hydrogen-bond acceptors (Lipinski definition) is 0. The highest BCUT2D eigenvalue weighted by molar-refractivity contribution is 6.32. The summed E-state index contributed by atoms with van der Waals surface area (Å²) in [7, 11) is 0. The van der Waals surface area contributed by atoms with Crippen LogP contribution >= 0.6 is 11.6 Å². The summed E-state index contributed by atoms with van der Waals surface area (Å²) in [6.45, 7) is 0. The van der Waals surface area contributed by atoms with Crippen LogP contribution in [0.5, 0.6) is 0 Å². The Morgan fingerprint density at radius 1 is 0.640 bits per heavy atom. The van der Waals surface area contributed by atoms with E-state index >= 15 is 0 Å². The van der Waals surface area contributed by atoms with E-state index in [1.54, 1.807) is 0 Å². The molecule has 0 unspecified atom stereocenters. The molecule has 0 N–H and O–H groups in total. The van der Waals surface area contributed by atoms with Gasteiger partial charge in [0.1, 0.15) is 0 Å². The molecule has 3 aromatic rings. The first-order valence-electron chi connectivity index (χ1n) is 8.53. The molecule has 0 bridgehead atoms. The Balaban J connectivity index is 1.90. The summed E-state index contributed by atoms with van der Waals surface area (Å²) >= 11 is 6.63. The van der Waals surface area contributed by atoms with E-state index in [1.165, 1.54) is 22.3 Å². The third kappa shape index (κ3) is 3.06. The molecule has 0 radical (unpaired) electrons. The Labute approximate surface area is 154 Å². The summed E-state index contributed by atoms with van der Waals surface area (Å²) in [6, 6.07) is 31.8. The molecule has 1 aliphatic rings. The van der Waals surface area contributed by atoms with Crippen molar-refractivity contribution in [3.63, 3.8) is 0 Å². The fraction of sp³-hybridized carbons (Fsp3) is 0.0833. The highest BCUT2D eigenvalue weighted by atomic mass is 35.5. The van der Waals surface area contributed by atoms with Gasteiger partial charge < -0.3 is 0 Å². The Morgan fingerprint density at radius 3 is 1.64 bits per heavy atom. The quantitative estimate of drug-likeness (QED) is 0.504. The van der Waals surface area contributed by atoms with Gasteiger partial charge in [-0.05, 0) is 34.8 Å². The first kappa shape index (κ1) is 15.9. The average molecular weight is 343 g/mol. The smallest absolute Gasteiger partial charge is 0.0439 e. The number of benzene rings is 3. The minimum atomic E-state index is -0.250. The molecule has 0 saturated heterocycles. The fourth-order valence-corrected chi connectivity index (χ4v) is 4.01. The molecule has 0 amide bonds. The van der Waals surface area contributed by atoms with Crippen LogP contribution in [-0.2, 0) is 5.41 Å². The van der Waals surface area contributed by atoms with E-state index in [4.69, 9.17) is 11.6 Å². The second kappa shape index (κ2) is 6.74. The molecular formula is C24H19Cl. The van der Waals surface area contributed by atoms with E-state index in [9.17, 15) is 0 Å². The molecule has 1 aliphatic carbocycles. The van der Waals surface area contributed by atoms with E-state index in [-0.39, 0.29) is 5.41 Å². The Morgan fingerprint density at radius 2 is 1.12 bits per heavy atom. The zero-order valence-corrected chi connectivity index (χ0v) is 14.7. The highest BCUT2D eigenvalue weighted by Crippen LogP contribution is 2.46. The van der Waals surface area contributed by atoms with Crippen LogP contribution < -0.4 is 0 Å². The van der Waals surface area contributed by atoms with Gasteiger partial charge in [0.05, 0.1) is 0 Å². The van der Waals surface area contributed by atoms with Crippen molar-refractivity contribution in [3.05, 3.63) is 125 Å². The fourth-order valence-electron chi connectivity index (χ4n) is 3.69. The lowest BCUT2D eigenvalue weighted by molar-refractivity contribution is 0.656. The monoisotopic (exact) mass is 342 g/mol. The van der Waals surface area contributed by atoms with Gasteiger partial charge in [0, 0.05) is 10.4 Å². The molecule has 0 aliphatic heterocycles. The number of halogens is 1. The van der Waals surface area contributed by atoms with Crippen LogP contribution in [-0.4, -0.2) is 0 Å². The standard InChI is InChI=1S/C24H19Cl/c25-23-16-20(19-10-4-1-5-11-19)17-24(18-23,21-12-6-2-7-13-21)22-14-8-3-9-15-22/h1-16,18H,17H2. The molecule has 3 aromatic carbocycles. The lowest BCUT2D eigenvalue weighted by Crippen LogP contribution is -2.28. The predicted molar refractivity (Wildman–Crippen MR) is 107 cm³/mol. The molecule has 0 saturated carbocycles. The number of allylic oxidation sites excluding steroid dienone is 4. The van der Waals surface area contributed by atoms with Gasteiger partial charge in [-0.25, -0.2) is 0 Å². The minimum Gasteiger partial charge on any atom is -0.0846 e. The summed E-state index contributed by atoms with van der Waals surface area (Å²) < 4.78 is 0. The summed E-state index contributed by atoms with van der Waals surface area (Å²) in [4.78, 5) is 0. The van der Waals surface area contributed by atoms with Gasteiger partial charge in [-0.3, -0.25) is 0 Å².